The molecule has 3 unspecified atom stereocenters. The van der Waals surface area contributed by atoms with Crippen LogP contribution < -0.4 is 16.4 Å². The van der Waals surface area contributed by atoms with Gasteiger partial charge in [0, 0.05) is 19.6 Å². The maximum Gasteiger partial charge on any atom is 0.239 e. The van der Waals surface area contributed by atoms with Crippen molar-refractivity contribution >= 4 is 11.8 Å². The van der Waals surface area contributed by atoms with E-state index in [1.165, 1.54) is 6.92 Å². The van der Waals surface area contributed by atoms with Gasteiger partial charge < -0.3 is 21.1 Å². The zero-order chi connectivity index (χ0) is 12.1. The summed E-state index contributed by atoms with van der Waals surface area (Å²) >= 11 is 0. The summed E-state index contributed by atoms with van der Waals surface area (Å²) < 4.78 is 5.41. The summed E-state index contributed by atoms with van der Waals surface area (Å²) in [5.41, 5.74) is 5.77. The first-order chi connectivity index (χ1) is 7.54. The highest BCUT2D eigenvalue weighted by molar-refractivity contribution is 5.83. The maximum atomic E-state index is 11.4. The number of hydrogen-bond acceptors (Lipinski definition) is 4. The quantitative estimate of drug-likeness (QED) is 0.548. The maximum absolute atomic E-state index is 11.4. The Hall–Kier alpha value is -1.14. The molecular weight excluding hydrogens is 210 g/mol. The largest absolute Gasteiger partial charge is 0.376 e. The highest BCUT2D eigenvalue weighted by Crippen LogP contribution is 2.22. The molecule has 1 rings (SSSR count). The van der Waals surface area contributed by atoms with Crippen molar-refractivity contribution in [1.82, 2.24) is 10.6 Å². The molecule has 0 aromatic heterocycles. The molecule has 2 amide bonds. The summed E-state index contributed by atoms with van der Waals surface area (Å²) in [4.78, 5) is 22.0. The van der Waals surface area contributed by atoms with Gasteiger partial charge in [-0.15, -0.1) is 0 Å². The minimum Gasteiger partial charge on any atom is -0.376 e. The molecule has 4 N–H and O–H groups in total. The molecule has 6 heteroatoms. The van der Waals surface area contributed by atoms with Crippen molar-refractivity contribution in [3.8, 4) is 0 Å². The third kappa shape index (κ3) is 3.46. The van der Waals surface area contributed by atoms with Gasteiger partial charge in [-0.25, -0.2) is 0 Å². The summed E-state index contributed by atoms with van der Waals surface area (Å²) in [7, 11) is 0. The van der Waals surface area contributed by atoms with Crippen LogP contribution in [0.15, 0.2) is 0 Å². The number of ether oxygens (including phenoxy) is 1. The molecule has 1 fully saturated rings. The van der Waals surface area contributed by atoms with Gasteiger partial charge in [0.15, 0.2) is 0 Å². The number of rotatable bonds is 5. The highest BCUT2D eigenvalue weighted by Gasteiger charge is 2.40. The minimum absolute atomic E-state index is 0.00118. The van der Waals surface area contributed by atoms with Crippen LogP contribution >= 0.6 is 0 Å². The van der Waals surface area contributed by atoms with Gasteiger partial charge in [-0.3, -0.25) is 9.59 Å². The predicted molar refractivity (Wildman–Crippen MR) is 58.6 cm³/mol. The standard InChI is InChI=1S/C10H19N3O3/c1-3-16-8-4-7(11)10(8)13-9(15)5-12-6(2)14/h7-8,10H,3-5,11H2,1-2H3,(H,12,14)(H,13,15). The Morgan fingerprint density at radius 1 is 1.50 bits per heavy atom. The number of carbonyl (C=O) groups excluding carboxylic acids is 2. The van der Waals surface area contributed by atoms with Gasteiger partial charge in [-0.2, -0.15) is 0 Å². The molecule has 0 spiro atoms. The van der Waals surface area contributed by atoms with E-state index in [0.29, 0.717) is 6.61 Å². The lowest BCUT2D eigenvalue weighted by Crippen LogP contribution is -2.65. The molecule has 0 bridgehead atoms. The van der Waals surface area contributed by atoms with E-state index in [1.54, 1.807) is 0 Å². The first-order valence-corrected chi connectivity index (χ1v) is 5.45. The predicted octanol–water partition coefficient (Wildman–Crippen LogP) is -1.26. The normalized spacial score (nSPS) is 28.1. The summed E-state index contributed by atoms with van der Waals surface area (Å²) in [6.07, 6.45) is 0.764. The SMILES string of the molecule is CCOC1CC(N)C1NC(=O)CNC(C)=O. The molecule has 16 heavy (non-hydrogen) atoms. The van der Waals surface area contributed by atoms with Crippen LogP contribution in [0.2, 0.25) is 0 Å². The minimum atomic E-state index is -0.236. The molecule has 6 nitrogen and oxygen atoms in total. The Morgan fingerprint density at radius 2 is 2.19 bits per heavy atom. The third-order valence-electron chi connectivity index (χ3n) is 2.57. The lowest BCUT2D eigenvalue weighted by atomic mass is 9.83. The fourth-order valence-electron chi connectivity index (χ4n) is 1.67. The topological polar surface area (TPSA) is 93.4 Å². The molecule has 0 saturated heterocycles. The summed E-state index contributed by atoms with van der Waals surface area (Å²) in [6.45, 7) is 3.86. The third-order valence-corrected chi connectivity index (χ3v) is 2.57. The molecule has 1 aliphatic carbocycles. The summed E-state index contributed by atoms with van der Waals surface area (Å²) in [5.74, 6) is -0.463. The molecule has 3 atom stereocenters. The summed E-state index contributed by atoms with van der Waals surface area (Å²) in [5, 5.41) is 5.18. The van der Waals surface area contributed by atoms with Crippen LogP contribution in [0, 0.1) is 0 Å². The van der Waals surface area contributed by atoms with Crippen molar-refractivity contribution in [2.75, 3.05) is 13.2 Å². The Bertz CT molecular complexity index is 268. The lowest BCUT2D eigenvalue weighted by Gasteiger charge is -2.42. The molecule has 1 aliphatic rings. The van der Waals surface area contributed by atoms with Crippen molar-refractivity contribution in [1.29, 1.82) is 0 Å². The van der Waals surface area contributed by atoms with E-state index in [4.69, 9.17) is 10.5 Å². The van der Waals surface area contributed by atoms with E-state index < -0.39 is 0 Å². The van der Waals surface area contributed by atoms with Crippen LogP contribution in [0.1, 0.15) is 20.3 Å². The molecule has 0 aliphatic heterocycles. The van der Waals surface area contributed by atoms with E-state index in [2.05, 4.69) is 10.6 Å². The van der Waals surface area contributed by atoms with Gasteiger partial charge in [0.05, 0.1) is 18.7 Å². The van der Waals surface area contributed by atoms with Gasteiger partial charge in [0.1, 0.15) is 0 Å². The van der Waals surface area contributed by atoms with Crippen molar-refractivity contribution in [3.63, 3.8) is 0 Å². The van der Waals surface area contributed by atoms with Crippen LogP contribution in [-0.4, -0.2) is 43.2 Å². The first-order valence-electron chi connectivity index (χ1n) is 5.45. The van der Waals surface area contributed by atoms with E-state index in [-0.39, 0.29) is 36.5 Å². The lowest BCUT2D eigenvalue weighted by molar-refractivity contribution is -0.128. The number of hydrogen-bond donors (Lipinski definition) is 3. The highest BCUT2D eigenvalue weighted by atomic mass is 16.5. The van der Waals surface area contributed by atoms with Gasteiger partial charge in [-0.1, -0.05) is 0 Å². The van der Waals surface area contributed by atoms with Crippen LogP contribution in [0.3, 0.4) is 0 Å². The van der Waals surface area contributed by atoms with Gasteiger partial charge in [0.2, 0.25) is 11.8 Å². The number of carbonyl (C=O) groups is 2. The van der Waals surface area contributed by atoms with Crippen LogP contribution in [-0.2, 0) is 14.3 Å². The zero-order valence-electron chi connectivity index (χ0n) is 9.66. The first kappa shape index (κ1) is 12.9. The second-order valence-corrected chi connectivity index (χ2v) is 3.90. The van der Waals surface area contributed by atoms with Crippen molar-refractivity contribution in [2.24, 2.45) is 5.73 Å². The molecule has 0 radical (unpaired) electrons. The Balaban J connectivity index is 2.29. The second-order valence-electron chi connectivity index (χ2n) is 3.90. The molecule has 0 aromatic carbocycles. The monoisotopic (exact) mass is 229 g/mol. The zero-order valence-corrected chi connectivity index (χ0v) is 9.66. The number of amides is 2. The number of nitrogens with two attached hydrogens (primary N) is 1. The molecule has 1 saturated carbocycles. The van der Waals surface area contributed by atoms with Gasteiger partial charge in [0.25, 0.3) is 0 Å². The van der Waals surface area contributed by atoms with Crippen LogP contribution in [0.4, 0.5) is 0 Å². The Kier molecular flexibility index (Phi) is 4.70. The van der Waals surface area contributed by atoms with Crippen molar-refractivity contribution < 1.29 is 14.3 Å². The fourth-order valence-corrected chi connectivity index (χ4v) is 1.67. The molecular formula is C10H19N3O3. The van der Waals surface area contributed by atoms with E-state index in [1.807, 2.05) is 6.92 Å². The van der Waals surface area contributed by atoms with E-state index in [0.717, 1.165) is 6.42 Å². The fraction of sp³-hybridized carbons (Fsp3) is 0.800. The Labute approximate surface area is 94.9 Å². The van der Waals surface area contributed by atoms with Gasteiger partial charge in [-0.05, 0) is 13.3 Å². The second kappa shape index (κ2) is 5.81. The number of nitrogens with one attached hydrogen (secondary N) is 2. The van der Waals surface area contributed by atoms with Crippen molar-refractivity contribution in [3.05, 3.63) is 0 Å². The molecule has 0 aromatic rings. The van der Waals surface area contributed by atoms with Crippen molar-refractivity contribution in [2.45, 2.75) is 38.5 Å². The van der Waals surface area contributed by atoms with E-state index in [9.17, 15) is 9.59 Å². The summed E-state index contributed by atoms with van der Waals surface area (Å²) in [6, 6.07) is -0.195. The average molecular weight is 229 g/mol. The van der Waals surface area contributed by atoms with E-state index >= 15 is 0 Å². The molecule has 92 valence electrons. The smallest absolute Gasteiger partial charge is 0.239 e. The van der Waals surface area contributed by atoms with Crippen LogP contribution in [0.25, 0.3) is 0 Å². The van der Waals surface area contributed by atoms with Gasteiger partial charge >= 0.3 is 0 Å². The average Bonchev–Trinajstić information content (AvgIpc) is 2.23. The van der Waals surface area contributed by atoms with Crippen LogP contribution in [0.5, 0.6) is 0 Å². The molecule has 0 heterocycles. The Morgan fingerprint density at radius 3 is 2.69 bits per heavy atom.